The number of ether oxygens (including phenoxy) is 1. The second-order valence-electron chi connectivity index (χ2n) is 2.58. The van der Waals surface area contributed by atoms with Gasteiger partial charge in [0.2, 0.25) is 0 Å². The van der Waals surface area contributed by atoms with Crippen molar-refractivity contribution in [2.24, 2.45) is 0 Å². The van der Waals surface area contributed by atoms with E-state index in [9.17, 15) is 4.79 Å². The highest BCUT2D eigenvalue weighted by molar-refractivity contribution is 7.99. The van der Waals surface area contributed by atoms with Gasteiger partial charge in [-0.2, -0.15) is 0 Å². The van der Waals surface area contributed by atoms with Crippen LogP contribution in [0.2, 0.25) is 0 Å². The van der Waals surface area contributed by atoms with Gasteiger partial charge in [0, 0.05) is 18.7 Å². The van der Waals surface area contributed by atoms with Crippen LogP contribution in [0.1, 0.15) is 0 Å². The number of hydroxylamine groups is 1. The zero-order valence-electron chi connectivity index (χ0n) is 7.54. The maximum absolute atomic E-state index is 11.3. The van der Waals surface area contributed by atoms with Crippen LogP contribution in [0.15, 0.2) is 0 Å². The molecule has 5 nitrogen and oxygen atoms in total. The molecular weight excluding hydrogens is 192 g/mol. The van der Waals surface area contributed by atoms with Crippen molar-refractivity contribution in [2.75, 3.05) is 32.0 Å². The molecule has 0 bridgehead atoms. The Morgan fingerprint density at radius 3 is 3.15 bits per heavy atom. The van der Waals surface area contributed by atoms with E-state index >= 15 is 0 Å². The first kappa shape index (κ1) is 10.8. The highest BCUT2D eigenvalue weighted by Crippen LogP contribution is 2.08. The predicted octanol–water partition coefficient (Wildman–Crippen LogP) is -0.657. The lowest BCUT2D eigenvalue weighted by Crippen LogP contribution is -2.42. The fourth-order valence-corrected chi connectivity index (χ4v) is 1.82. The Morgan fingerprint density at radius 1 is 1.69 bits per heavy atom. The lowest BCUT2D eigenvalue weighted by Gasteiger charge is -2.09. The molecule has 1 rings (SSSR count). The molecule has 1 unspecified atom stereocenters. The Hall–Kier alpha value is -0.300. The van der Waals surface area contributed by atoms with E-state index in [1.165, 1.54) is 0 Å². The number of carbonyl (C=O) groups is 1. The Morgan fingerprint density at radius 2 is 2.54 bits per heavy atom. The van der Waals surface area contributed by atoms with E-state index < -0.39 is 0 Å². The number of carbonyl (C=O) groups excluding carboxylic acids is 1. The van der Waals surface area contributed by atoms with Gasteiger partial charge in [-0.15, -0.1) is 11.8 Å². The molecule has 0 aromatic heterocycles. The van der Waals surface area contributed by atoms with Crippen molar-refractivity contribution in [2.45, 2.75) is 6.04 Å². The quantitative estimate of drug-likeness (QED) is 0.462. The monoisotopic (exact) mass is 206 g/mol. The Labute approximate surface area is 81.5 Å². The van der Waals surface area contributed by atoms with Gasteiger partial charge in [0.1, 0.15) is 0 Å². The summed E-state index contributed by atoms with van der Waals surface area (Å²) in [4.78, 5) is 16.1. The van der Waals surface area contributed by atoms with Crippen LogP contribution in [0.4, 0.5) is 0 Å². The zero-order chi connectivity index (χ0) is 9.52. The molecule has 0 aromatic rings. The highest BCUT2D eigenvalue weighted by atomic mass is 32.2. The summed E-state index contributed by atoms with van der Waals surface area (Å²) < 4.78 is 4.75. The SMILES string of the molecule is COCCONC(=O)C1CSCN1. The van der Waals surface area contributed by atoms with Gasteiger partial charge in [0.05, 0.1) is 19.3 Å². The summed E-state index contributed by atoms with van der Waals surface area (Å²) in [5.74, 6) is 1.52. The second kappa shape index (κ2) is 6.20. The third-order valence-electron chi connectivity index (χ3n) is 1.60. The molecule has 76 valence electrons. The molecule has 1 amide bonds. The molecule has 1 atom stereocenters. The second-order valence-corrected chi connectivity index (χ2v) is 3.61. The number of amides is 1. The van der Waals surface area contributed by atoms with Crippen molar-refractivity contribution in [3.63, 3.8) is 0 Å². The third-order valence-corrected chi connectivity index (χ3v) is 2.53. The summed E-state index contributed by atoms with van der Waals surface area (Å²) >= 11 is 1.70. The van der Waals surface area contributed by atoms with Crippen molar-refractivity contribution in [3.05, 3.63) is 0 Å². The van der Waals surface area contributed by atoms with E-state index in [1.54, 1.807) is 18.9 Å². The normalized spacial score (nSPS) is 21.8. The molecule has 1 aliphatic heterocycles. The topological polar surface area (TPSA) is 59.6 Å². The average molecular weight is 206 g/mol. The molecule has 6 heteroatoms. The van der Waals surface area contributed by atoms with Crippen molar-refractivity contribution in [3.8, 4) is 0 Å². The van der Waals surface area contributed by atoms with Crippen LogP contribution < -0.4 is 10.8 Å². The number of thioether (sulfide) groups is 1. The molecule has 0 radical (unpaired) electrons. The summed E-state index contributed by atoms with van der Waals surface area (Å²) in [7, 11) is 1.58. The van der Waals surface area contributed by atoms with Crippen LogP contribution in [0, 0.1) is 0 Å². The lowest BCUT2D eigenvalue weighted by atomic mass is 10.3. The fourth-order valence-electron chi connectivity index (χ4n) is 0.882. The van der Waals surface area contributed by atoms with Crippen LogP contribution in [0.3, 0.4) is 0 Å². The van der Waals surface area contributed by atoms with Crippen LogP contribution in [0.25, 0.3) is 0 Å². The summed E-state index contributed by atoms with van der Waals surface area (Å²) in [6.45, 7) is 0.856. The van der Waals surface area contributed by atoms with E-state index in [2.05, 4.69) is 10.8 Å². The van der Waals surface area contributed by atoms with Gasteiger partial charge in [-0.25, -0.2) is 5.48 Å². The third kappa shape index (κ3) is 3.95. The molecule has 1 aliphatic rings. The molecular formula is C7H14N2O3S. The summed E-state index contributed by atoms with van der Waals surface area (Å²) in [5, 5.41) is 3.04. The van der Waals surface area contributed by atoms with Gasteiger partial charge in [-0.3, -0.25) is 14.9 Å². The number of rotatable bonds is 5. The zero-order valence-corrected chi connectivity index (χ0v) is 8.36. The largest absolute Gasteiger partial charge is 0.382 e. The van der Waals surface area contributed by atoms with Crippen molar-refractivity contribution < 1.29 is 14.4 Å². The van der Waals surface area contributed by atoms with Crippen molar-refractivity contribution in [1.29, 1.82) is 0 Å². The number of hydrogen-bond acceptors (Lipinski definition) is 5. The standard InChI is InChI=1S/C7H14N2O3S/c1-11-2-3-12-9-7(10)6-4-13-5-8-6/h6,8H,2-5H2,1H3,(H,9,10). The van der Waals surface area contributed by atoms with Crippen molar-refractivity contribution >= 4 is 17.7 Å². The minimum Gasteiger partial charge on any atom is -0.382 e. The van der Waals surface area contributed by atoms with E-state index in [0.717, 1.165) is 11.6 Å². The molecule has 1 fully saturated rings. The summed E-state index contributed by atoms with van der Waals surface area (Å²) in [5.41, 5.74) is 2.36. The molecule has 2 N–H and O–H groups in total. The molecule has 0 saturated carbocycles. The number of hydrogen-bond donors (Lipinski definition) is 2. The first-order valence-corrected chi connectivity index (χ1v) is 5.22. The average Bonchev–Trinajstić information content (AvgIpc) is 2.65. The smallest absolute Gasteiger partial charge is 0.261 e. The van der Waals surface area contributed by atoms with Gasteiger partial charge in [-0.05, 0) is 0 Å². The van der Waals surface area contributed by atoms with E-state index in [4.69, 9.17) is 9.57 Å². The number of methoxy groups -OCH3 is 1. The highest BCUT2D eigenvalue weighted by Gasteiger charge is 2.22. The number of nitrogens with one attached hydrogen (secondary N) is 2. The van der Waals surface area contributed by atoms with Gasteiger partial charge in [0.15, 0.2) is 0 Å². The molecule has 0 spiro atoms. The molecule has 0 aromatic carbocycles. The Bertz CT molecular complexity index is 162. The first-order chi connectivity index (χ1) is 6.34. The molecule has 13 heavy (non-hydrogen) atoms. The maximum Gasteiger partial charge on any atom is 0.261 e. The maximum atomic E-state index is 11.3. The Balaban J connectivity index is 2.03. The van der Waals surface area contributed by atoms with E-state index in [0.29, 0.717) is 13.2 Å². The molecule has 1 heterocycles. The predicted molar refractivity (Wildman–Crippen MR) is 50.2 cm³/mol. The minimum absolute atomic E-state index is 0.110. The van der Waals surface area contributed by atoms with Crippen molar-refractivity contribution in [1.82, 2.24) is 10.8 Å². The van der Waals surface area contributed by atoms with E-state index in [-0.39, 0.29) is 11.9 Å². The lowest BCUT2D eigenvalue weighted by molar-refractivity contribution is -0.135. The molecule has 0 aliphatic carbocycles. The van der Waals surface area contributed by atoms with Crippen LogP contribution in [0.5, 0.6) is 0 Å². The van der Waals surface area contributed by atoms with Gasteiger partial charge in [0.25, 0.3) is 5.91 Å². The summed E-state index contributed by atoms with van der Waals surface area (Å²) in [6.07, 6.45) is 0. The first-order valence-electron chi connectivity index (χ1n) is 4.06. The molecule has 1 saturated heterocycles. The fraction of sp³-hybridized carbons (Fsp3) is 0.857. The minimum atomic E-state index is -0.118. The van der Waals surface area contributed by atoms with Crippen LogP contribution in [-0.4, -0.2) is 43.9 Å². The van der Waals surface area contributed by atoms with E-state index in [1.807, 2.05) is 0 Å². The van der Waals surface area contributed by atoms with Gasteiger partial charge < -0.3 is 4.74 Å². The van der Waals surface area contributed by atoms with Crippen LogP contribution in [-0.2, 0) is 14.4 Å². The Kier molecular flexibility index (Phi) is 5.14. The van der Waals surface area contributed by atoms with Crippen LogP contribution >= 0.6 is 11.8 Å². The van der Waals surface area contributed by atoms with Gasteiger partial charge in [-0.1, -0.05) is 0 Å². The summed E-state index contributed by atoms with van der Waals surface area (Å²) in [6, 6.07) is -0.118. The van der Waals surface area contributed by atoms with Gasteiger partial charge >= 0.3 is 0 Å².